The van der Waals surface area contributed by atoms with E-state index < -0.39 is 11.9 Å². The molecule has 2 aliphatic rings. The number of aryl methyl sites for hydroxylation is 2. The Labute approximate surface area is 261 Å². The lowest BCUT2D eigenvalue weighted by Gasteiger charge is -2.05. The van der Waals surface area contributed by atoms with Gasteiger partial charge in [-0.05, 0) is 98.2 Å². The van der Waals surface area contributed by atoms with Gasteiger partial charge < -0.3 is 24.9 Å². The summed E-state index contributed by atoms with van der Waals surface area (Å²) < 4.78 is 2.06. The number of rotatable bonds is 10. The summed E-state index contributed by atoms with van der Waals surface area (Å²) in [6, 6.07) is 7.84. The van der Waals surface area contributed by atoms with Gasteiger partial charge in [0.1, 0.15) is 0 Å². The van der Waals surface area contributed by atoms with Crippen molar-refractivity contribution in [2.45, 2.75) is 59.9 Å². The Hall–Kier alpha value is -5.02. The second-order valence-electron chi connectivity index (χ2n) is 11.4. The number of aliphatic hydroxyl groups excluding tert-OH is 1. The predicted octanol–water partition coefficient (Wildman–Crippen LogP) is 7.27. The number of nitrogens with one attached hydrogen (secondary N) is 1. The summed E-state index contributed by atoms with van der Waals surface area (Å²) >= 11 is 0. The molecule has 0 saturated carbocycles. The molecule has 2 aliphatic heterocycles. The van der Waals surface area contributed by atoms with E-state index in [-0.39, 0.29) is 32.3 Å². The number of hydrogen-bond acceptors (Lipinski definition) is 5. The van der Waals surface area contributed by atoms with E-state index in [2.05, 4.69) is 28.8 Å². The molecule has 0 radical (unpaired) electrons. The highest BCUT2D eigenvalue weighted by atomic mass is 16.4. The van der Waals surface area contributed by atoms with Crippen LogP contribution in [-0.4, -0.2) is 53.4 Å². The van der Waals surface area contributed by atoms with Crippen molar-refractivity contribution in [3.8, 4) is 0 Å². The topological polar surface area (TPSA) is 141 Å². The Morgan fingerprint density at radius 2 is 1.31 bits per heavy atom. The van der Waals surface area contributed by atoms with Crippen LogP contribution in [0.5, 0.6) is 0 Å². The molecule has 8 bridgehead atoms. The molecule has 5 rings (SSSR count). The van der Waals surface area contributed by atoms with Crippen molar-refractivity contribution in [1.82, 2.24) is 19.5 Å². The van der Waals surface area contributed by atoms with E-state index >= 15 is 0 Å². The van der Waals surface area contributed by atoms with Crippen molar-refractivity contribution in [3.05, 3.63) is 82.5 Å². The minimum absolute atomic E-state index is 0.0569. The summed E-state index contributed by atoms with van der Waals surface area (Å²) in [5.74, 6) is -1.81. The maximum atomic E-state index is 11.6. The highest BCUT2D eigenvalue weighted by Gasteiger charge is 2.23. The number of nitrogens with zero attached hydrogens (tertiary/aromatic N) is 3. The molecule has 0 spiro atoms. The number of aromatic amines is 1. The molecule has 3 aromatic heterocycles. The quantitative estimate of drug-likeness (QED) is 0.190. The standard InChI is InChI=1S/C36H38N4O5/c1-7-23-19(3)29-18-34-24(8-2)22(6)33(40(34)13-14-41)17-28-21(5)26(10-12-36(44)45)32(39-28)16-31-25(9-11-35(42)43)20(4)27(37-31)15-30(23)38-29/h7-8,15-18,38,41H,1-2,9-14H2,3-6H3,(H,42,43)(H,44,45). The van der Waals surface area contributed by atoms with Crippen LogP contribution in [0.1, 0.15) is 84.6 Å². The summed E-state index contributed by atoms with van der Waals surface area (Å²) in [6.07, 6.45) is 4.06. The molecule has 9 nitrogen and oxygen atoms in total. The lowest BCUT2D eigenvalue weighted by molar-refractivity contribution is -0.137. The Morgan fingerprint density at radius 1 is 0.756 bits per heavy atom. The molecule has 4 N–H and O–H groups in total. The lowest BCUT2D eigenvalue weighted by atomic mass is 9.98. The van der Waals surface area contributed by atoms with Gasteiger partial charge in [-0.2, -0.15) is 0 Å². The fourth-order valence-corrected chi connectivity index (χ4v) is 6.33. The summed E-state index contributed by atoms with van der Waals surface area (Å²) in [5, 5.41) is 29.1. The molecule has 0 saturated heterocycles. The number of carbonyl (C=O) groups is 2. The van der Waals surface area contributed by atoms with Gasteiger partial charge in [0.15, 0.2) is 0 Å². The number of allylic oxidation sites excluding steroid dienone is 4. The molecule has 0 fully saturated rings. The van der Waals surface area contributed by atoms with Crippen LogP contribution in [-0.2, 0) is 16.1 Å². The van der Waals surface area contributed by atoms with Crippen LogP contribution in [0.3, 0.4) is 0 Å². The molecular weight excluding hydrogens is 568 g/mol. The molecule has 3 aromatic rings. The number of aromatic nitrogens is 4. The van der Waals surface area contributed by atoms with E-state index in [1.165, 1.54) is 0 Å². The first-order valence-corrected chi connectivity index (χ1v) is 14.9. The summed E-state index contributed by atoms with van der Waals surface area (Å²) in [7, 11) is 0. The third-order valence-electron chi connectivity index (χ3n) is 8.81. The zero-order valence-electron chi connectivity index (χ0n) is 26.1. The second-order valence-corrected chi connectivity index (χ2v) is 11.4. The Morgan fingerprint density at radius 3 is 1.82 bits per heavy atom. The minimum atomic E-state index is -0.909. The van der Waals surface area contributed by atoms with Crippen LogP contribution < -0.4 is 0 Å². The molecule has 232 valence electrons. The molecule has 5 heterocycles. The largest absolute Gasteiger partial charge is 0.481 e. The molecule has 0 aromatic carbocycles. The van der Waals surface area contributed by atoms with Gasteiger partial charge in [-0.25, -0.2) is 9.97 Å². The van der Waals surface area contributed by atoms with Crippen molar-refractivity contribution in [2.24, 2.45) is 0 Å². The first-order valence-electron chi connectivity index (χ1n) is 14.9. The van der Waals surface area contributed by atoms with E-state index in [0.29, 0.717) is 29.3 Å². The summed E-state index contributed by atoms with van der Waals surface area (Å²) in [6.45, 7) is 16.3. The highest BCUT2D eigenvalue weighted by molar-refractivity contribution is 5.97. The average molecular weight is 607 g/mol. The minimum Gasteiger partial charge on any atom is -0.481 e. The van der Waals surface area contributed by atoms with Crippen molar-refractivity contribution in [2.75, 3.05) is 6.61 Å². The lowest BCUT2D eigenvalue weighted by Crippen LogP contribution is -2.01. The first-order chi connectivity index (χ1) is 21.5. The SMILES string of the molecule is C=Cc1c(C)c2cc3c(C=C)c(C)c(cc4nc(cc5nc(cc1[nH]2)C(C)=C5CCC(=O)O)C(CCC(=O)O)=C4C)n3CCO. The summed E-state index contributed by atoms with van der Waals surface area (Å²) in [4.78, 5) is 36.7. The second kappa shape index (κ2) is 12.5. The van der Waals surface area contributed by atoms with E-state index in [9.17, 15) is 24.9 Å². The third-order valence-corrected chi connectivity index (χ3v) is 8.81. The monoisotopic (exact) mass is 606 g/mol. The third kappa shape index (κ3) is 5.79. The van der Waals surface area contributed by atoms with Gasteiger partial charge in [-0.1, -0.05) is 25.3 Å². The maximum absolute atomic E-state index is 11.6. The normalized spacial score (nSPS) is 13.0. The van der Waals surface area contributed by atoms with Crippen molar-refractivity contribution >= 4 is 68.4 Å². The van der Waals surface area contributed by atoms with Crippen molar-refractivity contribution < 1.29 is 24.9 Å². The van der Waals surface area contributed by atoms with Crippen LogP contribution in [0.25, 0.3) is 56.5 Å². The van der Waals surface area contributed by atoms with E-state index in [1.54, 1.807) is 6.08 Å². The van der Waals surface area contributed by atoms with Gasteiger partial charge in [0, 0.05) is 47.1 Å². The van der Waals surface area contributed by atoms with Gasteiger partial charge in [-0.15, -0.1) is 0 Å². The highest BCUT2D eigenvalue weighted by Crippen LogP contribution is 2.38. The fourth-order valence-electron chi connectivity index (χ4n) is 6.33. The Bertz CT molecular complexity index is 2000. The van der Waals surface area contributed by atoms with E-state index in [4.69, 9.17) is 9.97 Å². The van der Waals surface area contributed by atoms with Crippen LogP contribution >= 0.6 is 0 Å². The first kappa shape index (κ1) is 31.4. The zero-order valence-corrected chi connectivity index (χ0v) is 26.1. The van der Waals surface area contributed by atoms with Crippen LogP contribution in [0.15, 0.2) is 37.4 Å². The van der Waals surface area contributed by atoms with Gasteiger partial charge in [0.25, 0.3) is 0 Å². The number of hydrogen-bond donors (Lipinski definition) is 4. The average Bonchev–Trinajstić information content (AvgIpc) is 3.63. The predicted molar refractivity (Wildman–Crippen MR) is 180 cm³/mol. The summed E-state index contributed by atoms with van der Waals surface area (Å²) in [5.41, 5.74) is 13.2. The maximum Gasteiger partial charge on any atom is 0.303 e. The Balaban J connectivity index is 1.99. The molecule has 0 amide bonds. The van der Waals surface area contributed by atoms with Gasteiger partial charge in [0.05, 0.1) is 34.9 Å². The van der Waals surface area contributed by atoms with Crippen molar-refractivity contribution in [3.63, 3.8) is 0 Å². The number of carboxylic acid groups (broad SMARTS) is 2. The van der Waals surface area contributed by atoms with Gasteiger partial charge in [0.2, 0.25) is 0 Å². The number of H-pyrrole nitrogens is 1. The van der Waals surface area contributed by atoms with Crippen LogP contribution in [0.4, 0.5) is 0 Å². The molecular formula is C36H38N4O5. The number of fused-ring (bicyclic) bond motifs is 8. The fraction of sp³-hybridized carbons (Fsp3) is 0.278. The molecule has 0 unspecified atom stereocenters. The molecule has 0 atom stereocenters. The molecule has 9 heteroatoms. The number of aliphatic hydroxyl groups is 1. The van der Waals surface area contributed by atoms with E-state index in [0.717, 1.165) is 66.6 Å². The Kier molecular flexibility index (Phi) is 8.75. The van der Waals surface area contributed by atoms with Crippen LogP contribution in [0, 0.1) is 13.8 Å². The zero-order chi connectivity index (χ0) is 32.6. The molecule has 45 heavy (non-hydrogen) atoms. The van der Waals surface area contributed by atoms with Crippen molar-refractivity contribution in [1.29, 1.82) is 0 Å². The van der Waals surface area contributed by atoms with Gasteiger partial charge in [-0.3, -0.25) is 9.59 Å². The number of aliphatic carboxylic acids is 2. The van der Waals surface area contributed by atoms with E-state index in [1.807, 2.05) is 52.0 Å². The van der Waals surface area contributed by atoms with Gasteiger partial charge >= 0.3 is 11.9 Å². The smallest absolute Gasteiger partial charge is 0.303 e. The molecule has 0 aliphatic carbocycles. The number of carboxylic acids is 2. The van der Waals surface area contributed by atoms with Crippen LogP contribution in [0.2, 0.25) is 0 Å².